The van der Waals surface area contributed by atoms with Crippen molar-refractivity contribution in [2.24, 2.45) is 0 Å². The highest BCUT2D eigenvalue weighted by Gasteiger charge is 2.23. The van der Waals surface area contributed by atoms with Crippen LogP contribution in [0.4, 0.5) is 0 Å². The van der Waals surface area contributed by atoms with Gasteiger partial charge >= 0.3 is 0 Å². The minimum Gasteiger partial charge on any atom is -0.352 e. The van der Waals surface area contributed by atoms with Crippen LogP contribution in [0.2, 0.25) is 0 Å². The Morgan fingerprint density at radius 1 is 1.18 bits per heavy atom. The molecule has 148 valence electrons. The number of nitrogens with zero attached hydrogens (tertiary/aromatic N) is 2. The van der Waals surface area contributed by atoms with Crippen LogP contribution in [-0.4, -0.2) is 38.3 Å². The third kappa shape index (κ3) is 6.16. The fraction of sp³-hybridized carbons (Fsp3) is 0.300. The summed E-state index contributed by atoms with van der Waals surface area (Å²) in [5, 5.41) is 11.6. The first-order valence-electron chi connectivity index (χ1n) is 8.72. The number of hydrogen-bond donors (Lipinski definition) is 1. The van der Waals surface area contributed by atoms with Crippen LogP contribution in [0.3, 0.4) is 0 Å². The summed E-state index contributed by atoms with van der Waals surface area (Å²) in [6, 6.07) is 15.5. The van der Waals surface area contributed by atoms with Crippen LogP contribution in [0, 0.1) is 11.3 Å². The van der Waals surface area contributed by atoms with E-state index in [1.165, 1.54) is 36.9 Å². The number of amides is 1. The zero-order valence-corrected chi connectivity index (χ0v) is 18.1. The van der Waals surface area contributed by atoms with Crippen LogP contribution in [0.25, 0.3) is 0 Å². The summed E-state index contributed by atoms with van der Waals surface area (Å²) >= 11 is 3.40. The largest absolute Gasteiger partial charge is 0.352 e. The van der Waals surface area contributed by atoms with E-state index in [1.54, 1.807) is 0 Å². The predicted octanol–water partition coefficient (Wildman–Crippen LogP) is 3.08. The van der Waals surface area contributed by atoms with Crippen molar-refractivity contribution in [2.75, 3.05) is 13.6 Å². The summed E-state index contributed by atoms with van der Waals surface area (Å²) < 4.78 is 27.1. The van der Waals surface area contributed by atoms with Gasteiger partial charge < -0.3 is 5.32 Å². The van der Waals surface area contributed by atoms with Crippen LogP contribution in [0.15, 0.2) is 57.9 Å². The molecule has 1 N–H and O–H groups in total. The van der Waals surface area contributed by atoms with Gasteiger partial charge in [0.2, 0.25) is 15.9 Å². The minimum atomic E-state index is -3.80. The number of carbonyl (C=O) groups is 1. The lowest BCUT2D eigenvalue weighted by Gasteiger charge is -2.19. The first-order chi connectivity index (χ1) is 13.2. The standard InChI is InChI=1S/C20H22BrN3O3S/c1-15(3-4-16-5-9-18(21)10-6-16)23-20(25)14-24(2)28(26,27)19-11-7-17(13-22)8-12-19/h5-12,15H,3-4,14H2,1-2H3,(H,23,25). The maximum Gasteiger partial charge on any atom is 0.243 e. The number of benzene rings is 2. The first kappa shape index (κ1) is 22.1. The Hall–Kier alpha value is -2.21. The summed E-state index contributed by atoms with van der Waals surface area (Å²) in [7, 11) is -2.43. The zero-order valence-electron chi connectivity index (χ0n) is 15.7. The maximum absolute atomic E-state index is 12.6. The molecular formula is C20H22BrN3O3S. The molecule has 0 aliphatic carbocycles. The van der Waals surface area contributed by atoms with E-state index in [-0.39, 0.29) is 23.4 Å². The average molecular weight is 464 g/mol. The Morgan fingerprint density at radius 2 is 1.79 bits per heavy atom. The van der Waals surface area contributed by atoms with Crippen LogP contribution < -0.4 is 5.32 Å². The highest BCUT2D eigenvalue weighted by molar-refractivity contribution is 9.10. The lowest BCUT2D eigenvalue weighted by atomic mass is 10.1. The number of rotatable bonds is 8. The van der Waals surface area contributed by atoms with Gasteiger partial charge in [0.1, 0.15) is 0 Å². The normalized spacial score (nSPS) is 12.4. The summed E-state index contributed by atoms with van der Waals surface area (Å²) in [6.45, 7) is 1.62. The zero-order chi connectivity index (χ0) is 20.7. The van der Waals surface area contributed by atoms with Crippen LogP contribution in [0.1, 0.15) is 24.5 Å². The number of hydrogen-bond acceptors (Lipinski definition) is 4. The van der Waals surface area contributed by atoms with Crippen molar-refractivity contribution in [3.05, 3.63) is 64.1 Å². The molecule has 1 amide bonds. The Morgan fingerprint density at radius 3 is 2.36 bits per heavy atom. The third-order valence-corrected chi connectivity index (χ3v) is 6.59. The van der Waals surface area contributed by atoms with Crippen LogP contribution >= 0.6 is 15.9 Å². The van der Waals surface area contributed by atoms with Gasteiger partial charge in [0.15, 0.2) is 0 Å². The second kappa shape index (κ2) is 9.82. The molecule has 1 unspecified atom stereocenters. The molecule has 1 atom stereocenters. The minimum absolute atomic E-state index is 0.0464. The van der Waals surface area contributed by atoms with E-state index in [0.717, 1.165) is 21.6 Å². The topological polar surface area (TPSA) is 90.3 Å². The molecule has 0 aliphatic rings. The van der Waals surface area contributed by atoms with Crippen molar-refractivity contribution in [1.82, 2.24) is 9.62 Å². The van der Waals surface area contributed by atoms with Gasteiger partial charge in [-0.2, -0.15) is 9.57 Å². The highest BCUT2D eigenvalue weighted by Crippen LogP contribution is 2.15. The Bertz CT molecular complexity index is 952. The molecule has 2 aromatic rings. The molecule has 0 aromatic heterocycles. The molecule has 0 aliphatic heterocycles. The Balaban J connectivity index is 1.88. The van der Waals surface area contributed by atoms with E-state index in [4.69, 9.17) is 5.26 Å². The molecule has 8 heteroatoms. The number of aryl methyl sites for hydroxylation is 1. The van der Waals surface area contributed by atoms with Gasteiger partial charge in [-0.15, -0.1) is 0 Å². The molecule has 2 rings (SSSR count). The van der Waals surface area contributed by atoms with Gasteiger partial charge in [-0.1, -0.05) is 28.1 Å². The second-order valence-electron chi connectivity index (χ2n) is 6.53. The van der Waals surface area contributed by atoms with E-state index in [2.05, 4.69) is 21.2 Å². The van der Waals surface area contributed by atoms with Crippen LogP contribution in [0.5, 0.6) is 0 Å². The molecular weight excluding hydrogens is 442 g/mol. The summed E-state index contributed by atoms with van der Waals surface area (Å²) in [5.74, 6) is -0.358. The fourth-order valence-corrected chi connectivity index (χ4v) is 3.99. The molecule has 0 heterocycles. The first-order valence-corrected chi connectivity index (χ1v) is 11.0. The van der Waals surface area contributed by atoms with Crippen molar-refractivity contribution in [3.63, 3.8) is 0 Å². The molecule has 28 heavy (non-hydrogen) atoms. The average Bonchev–Trinajstić information content (AvgIpc) is 2.67. The number of nitriles is 1. The van der Waals surface area contributed by atoms with E-state index >= 15 is 0 Å². The third-order valence-electron chi connectivity index (χ3n) is 4.24. The highest BCUT2D eigenvalue weighted by atomic mass is 79.9. The van der Waals surface area contributed by atoms with Crippen molar-refractivity contribution in [1.29, 1.82) is 5.26 Å². The van der Waals surface area contributed by atoms with E-state index < -0.39 is 10.0 Å². The number of likely N-dealkylation sites (N-methyl/N-ethyl adjacent to an activating group) is 1. The molecule has 0 fully saturated rings. The van der Waals surface area contributed by atoms with Crippen molar-refractivity contribution in [2.45, 2.75) is 30.7 Å². The number of halogens is 1. The Labute approximate surface area is 174 Å². The van der Waals surface area contributed by atoms with E-state index in [9.17, 15) is 13.2 Å². The molecule has 0 saturated carbocycles. The quantitative estimate of drug-likeness (QED) is 0.650. The molecule has 0 bridgehead atoms. The predicted molar refractivity (Wildman–Crippen MR) is 111 cm³/mol. The molecule has 2 aromatic carbocycles. The van der Waals surface area contributed by atoms with Crippen molar-refractivity contribution in [3.8, 4) is 6.07 Å². The summed E-state index contributed by atoms with van der Waals surface area (Å²) in [6.07, 6.45) is 1.56. The van der Waals surface area contributed by atoms with Gasteiger partial charge in [-0.05, 0) is 61.7 Å². The maximum atomic E-state index is 12.6. The lowest BCUT2D eigenvalue weighted by molar-refractivity contribution is -0.121. The number of carbonyl (C=O) groups excluding carboxylic acids is 1. The smallest absolute Gasteiger partial charge is 0.243 e. The summed E-state index contributed by atoms with van der Waals surface area (Å²) in [5.41, 5.74) is 1.55. The van der Waals surface area contributed by atoms with E-state index in [1.807, 2.05) is 37.3 Å². The second-order valence-corrected chi connectivity index (χ2v) is 9.49. The van der Waals surface area contributed by atoms with Gasteiger partial charge in [0.05, 0.1) is 23.1 Å². The fourth-order valence-electron chi connectivity index (χ4n) is 2.60. The van der Waals surface area contributed by atoms with Crippen molar-refractivity contribution < 1.29 is 13.2 Å². The van der Waals surface area contributed by atoms with Gasteiger partial charge in [0.25, 0.3) is 0 Å². The molecule has 0 saturated heterocycles. The number of sulfonamides is 1. The van der Waals surface area contributed by atoms with Crippen LogP contribution in [-0.2, 0) is 21.2 Å². The van der Waals surface area contributed by atoms with Gasteiger partial charge in [0, 0.05) is 17.6 Å². The Kier molecular flexibility index (Phi) is 7.75. The summed E-state index contributed by atoms with van der Waals surface area (Å²) in [4.78, 5) is 12.3. The molecule has 0 spiro atoms. The SMILES string of the molecule is CC(CCc1ccc(Br)cc1)NC(=O)CN(C)S(=O)(=O)c1ccc(C#N)cc1. The van der Waals surface area contributed by atoms with E-state index in [0.29, 0.717) is 5.56 Å². The molecule has 6 nitrogen and oxygen atoms in total. The van der Waals surface area contributed by atoms with Crippen molar-refractivity contribution >= 4 is 31.9 Å². The lowest BCUT2D eigenvalue weighted by Crippen LogP contribution is -2.41. The molecule has 0 radical (unpaired) electrons. The monoisotopic (exact) mass is 463 g/mol. The van der Waals surface area contributed by atoms with Gasteiger partial charge in [-0.25, -0.2) is 8.42 Å². The van der Waals surface area contributed by atoms with Gasteiger partial charge in [-0.3, -0.25) is 4.79 Å². The number of nitrogens with one attached hydrogen (secondary N) is 1.